The van der Waals surface area contributed by atoms with Gasteiger partial charge >= 0.3 is 0 Å². The van der Waals surface area contributed by atoms with Crippen molar-refractivity contribution in [2.24, 2.45) is 0 Å². The van der Waals surface area contributed by atoms with E-state index in [0.717, 1.165) is 0 Å². The van der Waals surface area contributed by atoms with Crippen LogP contribution in [0.15, 0.2) is 34.7 Å². The highest BCUT2D eigenvalue weighted by atomic mass is 35.5. The molecule has 1 fully saturated rings. The number of nitro groups is 1. The maximum absolute atomic E-state index is 11.4. The van der Waals surface area contributed by atoms with E-state index in [4.69, 9.17) is 16.0 Å². The Bertz CT molecular complexity index is 878. The molecule has 1 unspecified atom stereocenters. The molecule has 1 atom stereocenters. The molecule has 7 nitrogen and oxygen atoms in total. The standard InChI is InChI=1S/C15H15ClN2O5S/c16-14-7-11(18(19)20)1-3-13(14)15-4-2-12(23-15)8-17-10-5-6-24(21,22)9-10/h1-4,7,10,17H,5-6,8-9H2. The number of furan rings is 1. The molecule has 2 aromatic rings. The predicted molar refractivity (Wildman–Crippen MR) is 89.7 cm³/mol. The van der Waals surface area contributed by atoms with E-state index in [2.05, 4.69) is 5.32 Å². The van der Waals surface area contributed by atoms with E-state index in [1.807, 2.05) is 0 Å². The average molecular weight is 371 g/mol. The van der Waals surface area contributed by atoms with Crippen LogP contribution in [0, 0.1) is 10.1 Å². The number of hydrogen-bond acceptors (Lipinski definition) is 6. The zero-order chi connectivity index (χ0) is 17.3. The first-order valence-corrected chi connectivity index (χ1v) is 9.51. The number of non-ortho nitro benzene ring substituents is 1. The van der Waals surface area contributed by atoms with Gasteiger partial charge in [0.05, 0.1) is 28.0 Å². The van der Waals surface area contributed by atoms with Crippen molar-refractivity contribution in [1.29, 1.82) is 0 Å². The Morgan fingerprint density at radius 1 is 1.33 bits per heavy atom. The number of nitrogens with zero attached hydrogens (tertiary/aromatic N) is 1. The van der Waals surface area contributed by atoms with Gasteiger partial charge < -0.3 is 9.73 Å². The van der Waals surface area contributed by atoms with Gasteiger partial charge in [0.2, 0.25) is 0 Å². The van der Waals surface area contributed by atoms with Gasteiger partial charge in [-0.15, -0.1) is 0 Å². The lowest BCUT2D eigenvalue weighted by atomic mass is 10.1. The van der Waals surface area contributed by atoms with Gasteiger partial charge in [0.15, 0.2) is 9.84 Å². The molecule has 1 N–H and O–H groups in total. The van der Waals surface area contributed by atoms with E-state index in [9.17, 15) is 18.5 Å². The molecule has 2 heterocycles. The molecule has 128 valence electrons. The van der Waals surface area contributed by atoms with E-state index in [1.54, 1.807) is 18.2 Å². The topological polar surface area (TPSA) is 102 Å². The first-order chi connectivity index (χ1) is 11.3. The highest BCUT2D eigenvalue weighted by molar-refractivity contribution is 7.91. The van der Waals surface area contributed by atoms with Crippen LogP contribution >= 0.6 is 11.6 Å². The van der Waals surface area contributed by atoms with Crippen molar-refractivity contribution in [1.82, 2.24) is 5.32 Å². The van der Waals surface area contributed by atoms with Gasteiger partial charge in [-0.05, 0) is 24.6 Å². The molecule has 1 aromatic carbocycles. The molecule has 0 amide bonds. The van der Waals surface area contributed by atoms with Crippen molar-refractivity contribution < 1.29 is 17.8 Å². The molecule has 0 aliphatic carbocycles. The molecule has 0 bridgehead atoms. The third-order valence-electron chi connectivity index (χ3n) is 3.89. The quantitative estimate of drug-likeness (QED) is 0.641. The summed E-state index contributed by atoms with van der Waals surface area (Å²) in [6, 6.07) is 7.62. The molecule has 1 aliphatic heterocycles. The lowest BCUT2D eigenvalue weighted by Crippen LogP contribution is -2.29. The Hall–Kier alpha value is -1.90. The number of sulfone groups is 1. The normalized spacial score (nSPS) is 19.5. The Morgan fingerprint density at radius 3 is 2.75 bits per heavy atom. The van der Waals surface area contributed by atoms with Crippen molar-refractivity contribution >= 4 is 27.1 Å². The molecule has 0 radical (unpaired) electrons. The zero-order valence-electron chi connectivity index (χ0n) is 12.6. The lowest BCUT2D eigenvalue weighted by molar-refractivity contribution is -0.384. The fraction of sp³-hybridized carbons (Fsp3) is 0.333. The second-order valence-electron chi connectivity index (χ2n) is 5.67. The third kappa shape index (κ3) is 3.77. The van der Waals surface area contributed by atoms with Gasteiger partial charge in [0, 0.05) is 23.7 Å². The summed E-state index contributed by atoms with van der Waals surface area (Å²) < 4.78 is 28.6. The fourth-order valence-electron chi connectivity index (χ4n) is 2.64. The predicted octanol–water partition coefficient (Wildman–Crippen LogP) is 2.78. The maximum Gasteiger partial charge on any atom is 0.270 e. The SMILES string of the molecule is O=[N+]([O-])c1ccc(-c2ccc(CNC3CCS(=O)(=O)C3)o2)c(Cl)c1. The molecule has 24 heavy (non-hydrogen) atoms. The monoisotopic (exact) mass is 370 g/mol. The number of hydrogen-bond donors (Lipinski definition) is 1. The minimum absolute atomic E-state index is 0.0634. The number of nitro benzene ring substituents is 1. The summed E-state index contributed by atoms with van der Waals surface area (Å²) in [6.07, 6.45) is 0.601. The molecule has 9 heteroatoms. The average Bonchev–Trinajstić information content (AvgIpc) is 3.11. The smallest absolute Gasteiger partial charge is 0.270 e. The van der Waals surface area contributed by atoms with Gasteiger partial charge in [0.1, 0.15) is 11.5 Å². The van der Waals surface area contributed by atoms with Crippen LogP contribution in [0.4, 0.5) is 5.69 Å². The van der Waals surface area contributed by atoms with Crippen LogP contribution in [0.3, 0.4) is 0 Å². The number of halogens is 1. The molecule has 0 spiro atoms. The Balaban J connectivity index is 1.68. The van der Waals surface area contributed by atoms with Crippen LogP contribution in [0.2, 0.25) is 5.02 Å². The highest BCUT2D eigenvalue weighted by Crippen LogP contribution is 2.32. The summed E-state index contributed by atoms with van der Waals surface area (Å²) in [4.78, 5) is 10.2. The van der Waals surface area contributed by atoms with Crippen LogP contribution in [0.25, 0.3) is 11.3 Å². The Morgan fingerprint density at radius 2 is 2.12 bits per heavy atom. The first-order valence-electron chi connectivity index (χ1n) is 7.31. The van der Waals surface area contributed by atoms with E-state index in [0.29, 0.717) is 30.0 Å². The first kappa shape index (κ1) is 16.9. The molecule has 0 saturated carbocycles. The largest absolute Gasteiger partial charge is 0.460 e. The second kappa shape index (κ2) is 6.54. The van der Waals surface area contributed by atoms with Crippen molar-refractivity contribution in [3.63, 3.8) is 0 Å². The lowest BCUT2D eigenvalue weighted by Gasteiger charge is -2.08. The number of nitrogens with one attached hydrogen (secondary N) is 1. The minimum Gasteiger partial charge on any atom is -0.460 e. The van der Waals surface area contributed by atoms with Gasteiger partial charge in [-0.25, -0.2) is 8.42 Å². The third-order valence-corrected chi connectivity index (χ3v) is 5.97. The van der Waals surface area contributed by atoms with Crippen LogP contribution in [0.1, 0.15) is 12.2 Å². The molecular weight excluding hydrogens is 356 g/mol. The zero-order valence-corrected chi connectivity index (χ0v) is 14.1. The van der Waals surface area contributed by atoms with Gasteiger partial charge in [0.25, 0.3) is 5.69 Å². The summed E-state index contributed by atoms with van der Waals surface area (Å²) >= 11 is 6.08. The van der Waals surface area contributed by atoms with Gasteiger partial charge in [-0.2, -0.15) is 0 Å². The number of benzene rings is 1. The number of rotatable bonds is 5. The second-order valence-corrected chi connectivity index (χ2v) is 8.30. The summed E-state index contributed by atoms with van der Waals surface area (Å²) in [7, 11) is -2.92. The summed E-state index contributed by atoms with van der Waals surface area (Å²) in [5, 5.41) is 14.1. The summed E-state index contributed by atoms with van der Waals surface area (Å²) in [5.74, 6) is 1.51. The van der Waals surface area contributed by atoms with E-state index < -0.39 is 14.8 Å². The maximum atomic E-state index is 11.4. The van der Waals surface area contributed by atoms with Crippen molar-refractivity contribution in [3.8, 4) is 11.3 Å². The molecular formula is C15H15ClN2O5S. The minimum atomic E-state index is -2.92. The molecule has 1 aliphatic rings. The Kier molecular flexibility index (Phi) is 4.62. The van der Waals surface area contributed by atoms with Gasteiger partial charge in [-0.3, -0.25) is 10.1 Å². The molecule has 1 aromatic heterocycles. The van der Waals surface area contributed by atoms with Crippen molar-refractivity contribution in [2.45, 2.75) is 19.0 Å². The van der Waals surface area contributed by atoms with E-state index in [-0.39, 0.29) is 28.3 Å². The van der Waals surface area contributed by atoms with E-state index >= 15 is 0 Å². The Labute approximate surface area is 143 Å². The van der Waals surface area contributed by atoms with Crippen LogP contribution in [0.5, 0.6) is 0 Å². The summed E-state index contributed by atoms with van der Waals surface area (Å²) in [5.41, 5.74) is 0.483. The van der Waals surface area contributed by atoms with E-state index in [1.165, 1.54) is 12.1 Å². The summed E-state index contributed by atoms with van der Waals surface area (Å²) in [6.45, 7) is 0.408. The van der Waals surface area contributed by atoms with Crippen molar-refractivity contribution in [3.05, 3.63) is 51.2 Å². The fourth-order valence-corrected chi connectivity index (χ4v) is 4.61. The van der Waals surface area contributed by atoms with Crippen molar-refractivity contribution in [2.75, 3.05) is 11.5 Å². The molecule has 1 saturated heterocycles. The molecule has 3 rings (SSSR count). The van der Waals surface area contributed by atoms with Crippen LogP contribution < -0.4 is 5.32 Å². The highest BCUT2D eigenvalue weighted by Gasteiger charge is 2.27. The van der Waals surface area contributed by atoms with Crippen LogP contribution in [-0.2, 0) is 16.4 Å². The van der Waals surface area contributed by atoms with Crippen LogP contribution in [-0.4, -0.2) is 30.9 Å². The van der Waals surface area contributed by atoms with Gasteiger partial charge in [-0.1, -0.05) is 11.6 Å².